The second-order valence-electron chi connectivity index (χ2n) is 5.05. The zero-order chi connectivity index (χ0) is 14.5. The van der Waals surface area contributed by atoms with Crippen LogP contribution in [0.3, 0.4) is 0 Å². The molecular weight excluding hydrogens is 262 g/mol. The zero-order valence-corrected chi connectivity index (χ0v) is 11.7. The third kappa shape index (κ3) is 3.31. The molecule has 106 valence electrons. The van der Waals surface area contributed by atoms with E-state index in [2.05, 4.69) is 12.1 Å². The Kier molecular flexibility index (Phi) is 4.01. The molecule has 3 nitrogen and oxygen atoms in total. The minimum atomic E-state index is -0.275. The molecule has 3 heteroatoms. The second kappa shape index (κ2) is 6.27. The van der Waals surface area contributed by atoms with Crippen LogP contribution in [-0.4, -0.2) is 23.6 Å². The van der Waals surface area contributed by atoms with E-state index in [1.165, 1.54) is 5.56 Å². The first-order valence-electron chi connectivity index (χ1n) is 7.05. The highest BCUT2D eigenvalue weighted by molar-refractivity contribution is 5.72. The number of cyclic esters (lactones) is 1. The summed E-state index contributed by atoms with van der Waals surface area (Å²) in [5.41, 5.74) is 2.27. The molecule has 21 heavy (non-hydrogen) atoms. The van der Waals surface area contributed by atoms with Crippen LogP contribution in [0.1, 0.15) is 11.1 Å². The summed E-state index contributed by atoms with van der Waals surface area (Å²) in [5.74, 6) is 0. The maximum absolute atomic E-state index is 11.8. The van der Waals surface area contributed by atoms with Gasteiger partial charge in [0, 0.05) is 6.20 Å². The van der Waals surface area contributed by atoms with E-state index in [9.17, 15) is 4.79 Å². The van der Waals surface area contributed by atoms with Gasteiger partial charge in [-0.3, -0.25) is 4.90 Å². The molecule has 0 bridgehead atoms. The highest BCUT2D eigenvalue weighted by Gasteiger charge is 2.31. The van der Waals surface area contributed by atoms with Gasteiger partial charge in [-0.05, 0) is 23.6 Å². The van der Waals surface area contributed by atoms with Crippen molar-refractivity contribution >= 4 is 12.2 Å². The summed E-state index contributed by atoms with van der Waals surface area (Å²) in [6.45, 7) is 0.437. The van der Waals surface area contributed by atoms with Crippen molar-refractivity contribution in [1.82, 2.24) is 4.90 Å². The van der Waals surface area contributed by atoms with E-state index in [-0.39, 0.29) is 12.1 Å². The van der Waals surface area contributed by atoms with Gasteiger partial charge in [0.1, 0.15) is 6.61 Å². The van der Waals surface area contributed by atoms with Crippen molar-refractivity contribution in [2.75, 3.05) is 6.61 Å². The van der Waals surface area contributed by atoms with Gasteiger partial charge in [-0.2, -0.15) is 0 Å². The third-order valence-electron chi connectivity index (χ3n) is 3.54. The van der Waals surface area contributed by atoms with Gasteiger partial charge in [0.25, 0.3) is 0 Å². The van der Waals surface area contributed by atoms with Crippen LogP contribution in [0.25, 0.3) is 6.08 Å². The molecule has 3 rings (SSSR count). The van der Waals surface area contributed by atoms with E-state index in [0.29, 0.717) is 6.61 Å². The number of rotatable bonds is 4. The minimum absolute atomic E-state index is 0.0554. The van der Waals surface area contributed by atoms with Gasteiger partial charge < -0.3 is 4.74 Å². The van der Waals surface area contributed by atoms with E-state index in [1.807, 2.05) is 60.8 Å². The van der Waals surface area contributed by atoms with Gasteiger partial charge in [-0.25, -0.2) is 4.79 Å². The van der Waals surface area contributed by atoms with Crippen molar-refractivity contribution in [2.24, 2.45) is 0 Å². The van der Waals surface area contributed by atoms with Crippen molar-refractivity contribution < 1.29 is 9.53 Å². The van der Waals surface area contributed by atoms with E-state index >= 15 is 0 Å². The maximum atomic E-state index is 11.8. The van der Waals surface area contributed by atoms with Crippen molar-refractivity contribution in [3.63, 3.8) is 0 Å². The predicted molar refractivity (Wildman–Crippen MR) is 82.6 cm³/mol. The monoisotopic (exact) mass is 279 g/mol. The molecule has 2 aromatic rings. The van der Waals surface area contributed by atoms with Gasteiger partial charge in [-0.15, -0.1) is 0 Å². The average Bonchev–Trinajstić information content (AvgIpc) is 2.87. The molecule has 2 aromatic carbocycles. The first-order valence-corrected chi connectivity index (χ1v) is 7.05. The highest BCUT2D eigenvalue weighted by Crippen LogP contribution is 2.18. The molecule has 0 radical (unpaired) electrons. The Balaban J connectivity index is 1.72. The fraction of sp³-hybridized carbons (Fsp3) is 0.167. The molecule has 0 spiro atoms. The zero-order valence-electron chi connectivity index (χ0n) is 11.7. The summed E-state index contributed by atoms with van der Waals surface area (Å²) >= 11 is 0. The lowest BCUT2D eigenvalue weighted by molar-refractivity contribution is 0.166. The summed E-state index contributed by atoms with van der Waals surface area (Å²) in [6, 6.07) is 20.1. The third-order valence-corrected chi connectivity index (χ3v) is 3.54. The molecule has 0 aromatic heterocycles. The Labute approximate surface area is 124 Å². The smallest absolute Gasteiger partial charge is 0.414 e. The highest BCUT2D eigenvalue weighted by atomic mass is 16.6. The molecular formula is C18H17NO2. The first-order chi connectivity index (χ1) is 10.3. The van der Waals surface area contributed by atoms with Crippen LogP contribution >= 0.6 is 0 Å². The number of hydrogen-bond donors (Lipinski definition) is 0. The molecule has 0 N–H and O–H groups in total. The van der Waals surface area contributed by atoms with Crippen molar-refractivity contribution in [2.45, 2.75) is 12.5 Å². The van der Waals surface area contributed by atoms with Crippen molar-refractivity contribution in [3.05, 3.63) is 78.0 Å². The number of carbonyl (C=O) groups is 1. The molecule has 0 aliphatic carbocycles. The quantitative estimate of drug-likeness (QED) is 0.853. The van der Waals surface area contributed by atoms with Crippen LogP contribution in [0.15, 0.2) is 66.9 Å². The number of hydrogen-bond acceptors (Lipinski definition) is 2. The van der Waals surface area contributed by atoms with Gasteiger partial charge >= 0.3 is 6.09 Å². The van der Waals surface area contributed by atoms with Gasteiger partial charge in [0.2, 0.25) is 0 Å². The summed E-state index contributed by atoms with van der Waals surface area (Å²) in [7, 11) is 0. The topological polar surface area (TPSA) is 29.5 Å². The molecule has 1 aliphatic rings. The fourth-order valence-corrected chi connectivity index (χ4v) is 2.43. The van der Waals surface area contributed by atoms with Crippen molar-refractivity contribution in [3.8, 4) is 0 Å². The SMILES string of the molecule is O=C1OC[C@H](Cc2ccccc2)N1/C=C\c1ccccc1. The van der Waals surface area contributed by atoms with Gasteiger partial charge in [-0.1, -0.05) is 60.7 Å². The fourth-order valence-electron chi connectivity index (χ4n) is 2.43. The van der Waals surface area contributed by atoms with Crippen LogP contribution in [0.4, 0.5) is 4.79 Å². The largest absolute Gasteiger partial charge is 0.447 e. The summed E-state index contributed by atoms with van der Waals surface area (Å²) in [6.07, 6.45) is 4.28. The Morgan fingerprint density at radius 2 is 1.71 bits per heavy atom. The lowest BCUT2D eigenvalue weighted by atomic mass is 10.1. The Morgan fingerprint density at radius 1 is 1.05 bits per heavy atom. The number of ether oxygens (including phenoxy) is 1. The Bertz CT molecular complexity index is 622. The normalized spacial score (nSPS) is 18.2. The van der Waals surface area contributed by atoms with Gasteiger partial charge in [0.05, 0.1) is 6.04 Å². The van der Waals surface area contributed by atoms with Crippen LogP contribution in [0, 0.1) is 0 Å². The average molecular weight is 279 g/mol. The van der Waals surface area contributed by atoms with Crippen LogP contribution in [0.2, 0.25) is 0 Å². The number of benzene rings is 2. The van der Waals surface area contributed by atoms with Crippen molar-refractivity contribution in [1.29, 1.82) is 0 Å². The first kappa shape index (κ1) is 13.4. The molecule has 1 fully saturated rings. The second-order valence-corrected chi connectivity index (χ2v) is 5.05. The number of amides is 1. The number of nitrogens with zero attached hydrogens (tertiary/aromatic N) is 1. The lowest BCUT2D eigenvalue weighted by Crippen LogP contribution is -2.30. The molecule has 1 heterocycles. The van der Waals surface area contributed by atoms with E-state index in [4.69, 9.17) is 4.74 Å². The summed E-state index contributed by atoms with van der Waals surface area (Å²) in [5, 5.41) is 0. The molecule has 1 aliphatic heterocycles. The van der Waals surface area contributed by atoms with Crippen LogP contribution < -0.4 is 0 Å². The summed E-state index contributed by atoms with van der Waals surface area (Å²) in [4.78, 5) is 13.5. The van der Waals surface area contributed by atoms with E-state index in [1.54, 1.807) is 4.90 Å². The van der Waals surface area contributed by atoms with E-state index < -0.39 is 0 Å². The Morgan fingerprint density at radius 3 is 2.43 bits per heavy atom. The molecule has 0 unspecified atom stereocenters. The Hall–Kier alpha value is -2.55. The van der Waals surface area contributed by atoms with E-state index in [0.717, 1.165) is 12.0 Å². The lowest BCUT2D eigenvalue weighted by Gasteiger charge is -2.17. The minimum Gasteiger partial charge on any atom is -0.447 e. The molecule has 1 amide bonds. The predicted octanol–water partition coefficient (Wildman–Crippen LogP) is 3.72. The number of carbonyl (C=O) groups excluding carboxylic acids is 1. The molecule has 0 saturated carbocycles. The van der Waals surface area contributed by atoms with Crippen LogP contribution in [-0.2, 0) is 11.2 Å². The van der Waals surface area contributed by atoms with Gasteiger partial charge in [0.15, 0.2) is 0 Å². The standard InChI is InChI=1S/C18H17NO2/c20-18-19(12-11-15-7-3-1-4-8-15)17(14-21-18)13-16-9-5-2-6-10-16/h1-12,17H,13-14H2/b12-11-/t17-/m0/s1. The maximum Gasteiger partial charge on any atom is 0.414 e. The molecule has 1 saturated heterocycles. The summed E-state index contributed by atoms with van der Waals surface area (Å²) < 4.78 is 5.17. The van der Waals surface area contributed by atoms with Crippen LogP contribution in [0.5, 0.6) is 0 Å². The molecule has 1 atom stereocenters.